The lowest BCUT2D eigenvalue weighted by atomic mass is 10.2. The lowest BCUT2D eigenvalue weighted by Gasteiger charge is -2.27. The number of nitrogens with zero attached hydrogens (tertiary/aromatic N) is 3. The monoisotopic (exact) mass is 497 g/mol. The molecule has 0 spiro atoms. The smallest absolute Gasteiger partial charge is 0.415 e. The molecule has 3 aromatic heterocycles. The van der Waals surface area contributed by atoms with E-state index in [0.717, 1.165) is 31.8 Å². The summed E-state index contributed by atoms with van der Waals surface area (Å²) in [6.45, 7) is 7.94. The number of aromatic nitrogens is 2. The van der Waals surface area contributed by atoms with E-state index in [1.54, 1.807) is 22.4 Å². The van der Waals surface area contributed by atoms with Crippen LogP contribution in [-0.4, -0.2) is 43.2 Å². The Morgan fingerprint density at radius 3 is 2.66 bits per heavy atom. The summed E-state index contributed by atoms with van der Waals surface area (Å²) >= 11 is 3.10. The van der Waals surface area contributed by atoms with Crippen LogP contribution in [0.2, 0.25) is 0 Å². The summed E-state index contributed by atoms with van der Waals surface area (Å²) in [5, 5.41) is 10.4. The molecule has 0 saturated carbocycles. The van der Waals surface area contributed by atoms with E-state index >= 15 is 0 Å². The van der Waals surface area contributed by atoms with Gasteiger partial charge in [0.15, 0.2) is 0 Å². The quantitative estimate of drug-likeness (QED) is 0.322. The van der Waals surface area contributed by atoms with Gasteiger partial charge in [-0.25, -0.2) is 4.79 Å². The third-order valence-corrected chi connectivity index (χ3v) is 7.25. The Bertz CT molecular complexity index is 1180. The molecule has 0 fully saturated rings. The zero-order chi connectivity index (χ0) is 23.5. The van der Waals surface area contributed by atoms with Gasteiger partial charge in [-0.2, -0.15) is 13.5 Å². The molecule has 8 nitrogen and oxygen atoms in total. The van der Waals surface area contributed by atoms with Crippen LogP contribution in [0, 0.1) is 6.92 Å². The molecule has 0 N–H and O–H groups in total. The molecule has 0 atom stereocenters. The third-order valence-electron chi connectivity index (χ3n) is 4.43. The highest BCUT2D eigenvalue weighted by molar-refractivity contribution is 7.85. The number of amides is 1. The van der Waals surface area contributed by atoms with Gasteiger partial charge in [0.25, 0.3) is 10.1 Å². The van der Waals surface area contributed by atoms with Crippen molar-refractivity contribution < 1.29 is 22.1 Å². The summed E-state index contributed by atoms with van der Waals surface area (Å²) in [6.07, 6.45) is 3.37. The largest absolute Gasteiger partial charge is 0.443 e. The van der Waals surface area contributed by atoms with Crippen LogP contribution in [0.25, 0.3) is 10.2 Å². The maximum Gasteiger partial charge on any atom is 0.415 e. The highest BCUT2D eigenvalue weighted by Gasteiger charge is 2.27. The van der Waals surface area contributed by atoms with Crippen LogP contribution in [0.15, 0.2) is 23.7 Å². The van der Waals surface area contributed by atoms with Gasteiger partial charge in [-0.3, -0.25) is 9.08 Å². The van der Waals surface area contributed by atoms with Crippen LogP contribution in [0.3, 0.4) is 0 Å². The molecule has 3 aromatic rings. The van der Waals surface area contributed by atoms with Crippen LogP contribution in [0.4, 0.5) is 10.5 Å². The van der Waals surface area contributed by atoms with E-state index in [-0.39, 0.29) is 6.61 Å². The van der Waals surface area contributed by atoms with Gasteiger partial charge in [-0.05, 0) is 57.5 Å². The van der Waals surface area contributed by atoms with Crippen LogP contribution in [0.5, 0.6) is 0 Å². The van der Waals surface area contributed by atoms with Crippen LogP contribution in [0.1, 0.15) is 42.5 Å². The fourth-order valence-corrected chi connectivity index (χ4v) is 5.46. The lowest BCUT2D eigenvalue weighted by Crippen LogP contribution is -2.36. The SMILES string of the molecule is Cc1c(CCCOS(C)(=O)=O)sc2c(N(Cc3cccs3)C(=O)OC(C)(C)C)cnnc12. The average Bonchev–Trinajstić information content (AvgIpc) is 3.29. The maximum absolute atomic E-state index is 13.1. The minimum atomic E-state index is -3.46. The Morgan fingerprint density at radius 1 is 1.28 bits per heavy atom. The summed E-state index contributed by atoms with van der Waals surface area (Å²) in [6, 6.07) is 3.92. The Hall–Kier alpha value is -2.08. The highest BCUT2D eigenvalue weighted by atomic mass is 32.2. The second-order valence-electron chi connectivity index (χ2n) is 8.33. The number of fused-ring (bicyclic) bond motifs is 1. The maximum atomic E-state index is 13.1. The Balaban J connectivity index is 1.93. The Kier molecular flexibility index (Phi) is 7.53. The van der Waals surface area contributed by atoms with Crippen molar-refractivity contribution in [2.45, 2.75) is 52.7 Å². The number of hydrogen-bond donors (Lipinski definition) is 0. The molecule has 0 radical (unpaired) electrons. The van der Waals surface area contributed by atoms with Crippen LogP contribution in [-0.2, 0) is 32.0 Å². The van der Waals surface area contributed by atoms with Crippen molar-refractivity contribution in [3.8, 4) is 0 Å². The zero-order valence-corrected chi connectivity index (χ0v) is 21.2. The number of carbonyl (C=O) groups excluding carboxylic acids is 1. The number of anilines is 1. The summed E-state index contributed by atoms with van der Waals surface area (Å²) < 4.78 is 33.7. The predicted molar refractivity (Wildman–Crippen MR) is 128 cm³/mol. The second kappa shape index (κ2) is 9.82. The zero-order valence-electron chi connectivity index (χ0n) is 18.7. The van der Waals surface area contributed by atoms with Crippen molar-refractivity contribution in [1.29, 1.82) is 0 Å². The molecule has 3 heterocycles. The van der Waals surface area contributed by atoms with Crippen LogP contribution >= 0.6 is 22.7 Å². The molecule has 0 saturated heterocycles. The minimum Gasteiger partial charge on any atom is -0.443 e. The van der Waals surface area contributed by atoms with E-state index < -0.39 is 21.8 Å². The molecule has 0 unspecified atom stereocenters. The van der Waals surface area contributed by atoms with Gasteiger partial charge < -0.3 is 4.74 Å². The first-order chi connectivity index (χ1) is 14.9. The fourth-order valence-electron chi connectivity index (χ4n) is 3.04. The van der Waals surface area contributed by atoms with Crippen molar-refractivity contribution in [2.75, 3.05) is 17.8 Å². The summed E-state index contributed by atoms with van der Waals surface area (Å²) in [7, 11) is -3.46. The number of hydrogen-bond acceptors (Lipinski definition) is 9. The molecule has 1 amide bonds. The molecule has 11 heteroatoms. The van der Waals surface area contributed by atoms with Gasteiger partial charge in [0, 0.05) is 9.75 Å². The predicted octanol–water partition coefficient (Wildman–Crippen LogP) is 4.91. The minimum absolute atomic E-state index is 0.119. The normalized spacial score (nSPS) is 12.3. The number of aryl methyl sites for hydroxylation is 2. The second-order valence-corrected chi connectivity index (χ2v) is 12.1. The van der Waals surface area contributed by atoms with Gasteiger partial charge in [0.05, 0.1) is 36.0 Å². The first-order valence-corrected chi connectivity index (χ1v) is 13.6. The molecule has 0 bridgehead atoms. The molecule has 32 heavy (non-hydrogen) atoms. The highest BCUT2D eigenvalue weighted by Crippen LogP contribution is 2.37. The van der Waals surface area contributed by atoms with E-state index in [2.05, 4.69) is 10.2 Å². The number of ether oxygens (including phenoxy) is 1. The van der Waals surface area contributed by atoms with Gasteiger partial charge in [-0.1, -0.05) is 6.07 Å². The fraction of sp³-hybridized carbons (Fsp3) is 0.476. The van der Waals surface area contributed by atoms with Crippen molar-refractivity contribution >= 4 is 54.8 Å². The lowest BCUT2D eigenvalue weighted by molar-refractivity contribution is 0.0578. The van der Waals surface area contributed by atoms with E-state index in [4.69, 9.17) is 8.92 Å². The van der Waals surface area contributed by atoms with Crippen molar-refractivity contribution in [3.05, 3.63) is 39.0 Å². The molecule has 0 aliphatic carbocycles. The van der Waals surface area contributed by atoms with Crippen molar-refractivity contribution in [2.24, 2.45) is 0 Å². The van der Waals surface area contributed by atoms with Gasteiger partial charge in [0.2, 0.25) is 0 Å². The van der Waals surface area contributed by atoms with E-state index in [1.807, 2.05) is 45.2 Å². The summed E-state index contributed by atoms with van der Waals surface area (Å²) in [4.78, 5) is 16.8. The molecule has 0 aliphatic rings. The molecule has 0 aliphatic heterocycles. The summed E-state index contributed by atoms with van der Waals surface area (Å²) in [5.41, 5.74) is 1.70. The number of thiophene rings is 2. The molecule has 3 rings (SSSR count). The van der Waals surface area contributed by atoms with E-state index in [9.17, 15) is 13.2 Å². The Labute approximate surface area is 196 Å². The van der Waals surface area contributed by atoms with Gasteiger partial charge in [0.1, 0.15) is 11.1 Å². The first-order valence-electron chi connectivity index (χ1n) is 10.1. The topological polar surface area (TPSA) is 98.7 Å². The molecule has 174 valence electrons. The average molecular weight is 498 g/mol. The summed E-state index contributed by atoms with van der Waals surface area (Å²) in [5.74, 6) is 0. The standard InChI is InChI=1S/C21H27N3O5S3/c1-14-17(9-6-10-28-32(5,26)27)31-19-16(12-22-23-18(14)19)24(13-15-8-7-11-30-15)20(25)29-21(2,3)4/h7-8,11-12H,6,9-10,13H2,1-5H3. The van der Waals surface area contributed by atoms with Crippen molar-refractivity contribution in [1.82, 2.24) is 10.2 Å². The Morgan fingerprint density at radius 2 is 2.03 bits per heavy atom. The third kappa shape index (κ3) is 6.47. The van der Waals surface area contributed by atoms with Gasteiger partial charge in [-0.15, -0.1) is 27.8 Å². The van der Waals surface area contributed by atoms with E-state index in [1.165, 1.54) is 11.3 Å². The van der Waals surface area contributed by atoms with Crippen molar-refractivity contribution in [3.63, 3.8) is 0 Å². The molecular formula is C21H27N3O5S3. The van der Waals surface area contributed by atoms with Gasteiger partial charge >= 0.3 is 6.09 Å². The molecular weight excluding hydrogens is 470 g/mol. The molecule has 0 aromatic carbocycles. The number of carbonyl (C=O) groups is 1. The number of rotatable bonds is 8. The van der Waals surface area contributed by atoms with Crippen LogP contribution < -0.4 is 4.90 Å². The van der Waals surface area contributed by atoms with E-state index in [0.29, 0.717) is 25.1 Å². The first kappa shape index (κ1) is 24.6.